The van der Waals surface area contributed by atoms with Gasteiger partial charge in [0, 0.05) is 5.92 Å². The first-order valence-electron chi connectivity index (χ1n) is 9.50. The Morgan fingerprint density at radius 2 is 1.19 bits per heavy atom. The van der Waals surface area contributed by atoms with Crippen molar-refractivity contribution in [3.05, 3.63) is 114 Å². The van der Waals surface area contributed by atoms with Gasteiger partial charge in [0.25, 0.3) is 0 Å². The van der Waals surface area contributed by atoms with Gasteiger partial charge in [-0.2, -0.15) is 0 Å². The SMILES string of the molecule is C1=CC(c2cccc3cc4ccccc4cc23)c2cccc3cccc1c23. The molecule has 6 rings (SSSR count). The van der Waals surface area contributed by atoms with E-state index in [1.807, 2.05) is 0 Å². The molecule has 0 aromatic heterocycles. The second-order valence-corrected chi connectivity index (χ2v) is 7.40. The Kier molecular flexibility index (Phi) is 3.04. The van der Waals surface area contributed by atoms with Crippen molar-refractivity contribution < 1.29 is 0 Å². The normalized spacial score (nSPS) is 15.6. The van der Waals surface area contributed by atoms with Crippen molar-refractivity contribution in [3.8, 4) is 0 Å². The monoisotopic (exact) mass is 342 g/mol. The van der Waals surface area contributed by atoms with Crippen molar-refractivity contribution in [2.75, 3.05) is 0 Å². The predicted molar refractivity (Wildman–Crippen MR) is 116 cm³/mol. The summed E-state index contributed by atoms with van der Waals surface area (Å²) in [6, 6.07) is 33.3. The number of hydrogen-bond acceptors (Lipinski definition) is 0. The smallest absolute Gasteiger partial charge is 0.0285 e. The van der Waals surface area contributed by atoms with Gasteiger partial charge in [0.1, 0.15) is 0 Å². The zero-order chi connectivity index (χ0) is 17.8. The van der Waals surface area contributed by atoms with Crippen LogP contribution in [0.3, 0.4) is 0 Å². The maximum atomic E-state index is 2.36. The fourth-order valence-corrected chi connectivity index (χ4v) is 4.63. The Hall–Kier alpha value is -3.38. The van der Waals surface area contributed by atoms with Gasteiger partial charge in [-0.3, -0.25) is 0 Å². The standard InChI is InChI=1S/C27H18/c1-2-7-21-17-26-22(16-20(21)6-1)11-5-12-23(26)24-15-14-19-9-3-8-18-10-4-13-25(24)27(18)19/h1-17,24H. The molecule has 0 nitrogen and oxygen atoms in total. The van der Waals surface area contributed by atoms with Crippen LogP contribution in [0.4, 0.5) is 0 Å². The first-order valence-corrected chi connectivity index (χ1v) is 9.50. The van der Waals surface area contributed by atoms with E-state index in [1.54, 1.807) is 0 Å². The first kappa shape index (κ1) is 14.8. The first-order chi connectivity index (χ1) is 13.4. The molecule has 1 unspecified atom stereocenters. The van der Waals surface area contributed by atoms with E-state index < -0.39 is 0 Å². The number of fused-ring (bicyclic) bond motifs is 2. The molecule has 126 valence electrons. The summed E-state index contributed by atoms with van der Waals surface area (Å²) in [6.07, 6.45) is 4.65. The van der Waals surface area contributed by atoms with Crippen LogP contribution in [-0.2, 0) is 0 Å². The number of rotatable bonds is 1. The third-order valence-corrected chi connectivity index (χ3v) is 5.89. The highest BCUT2D eigenvalue weighted by molar-refractivity contribution is 6.01. The van der Waals surface area contributed by atoms with E-state index >= 15 is 0 Å². The van der Waals surface area contributed by atoms with E-state index in [0.29, 0.717) is 0 Å². The van der Waals surface area contributed by atoms with Crippen LogP contribution in [-0.4, -0.2) is 0 Å². The highest BCUT2D eigenvalue weighted by Crippen LogP contribution is 2.41. The highest BCUT2D eigenvalue weighted by Gasteiger charge is 2.20. The molecule has 0 aliphatic heterocycles. The lowest BCUT2D eigenvalue weighted by molar-refractivity contribution is 1.05. The molecule has 0 N–H and O–H groups in total. The third kappa shape index (κ3) is 2.17. The Labute approximate surface area is 158 Å². The van der Waals surface area contributed by atoms with Crippen LogP contribution in [0.1, 0.15) is 22.6 Å². The zero-order valence-electron chi connectivity index (χ0n) is 14.9. The van der Waals surface area contributed by atoms with Gasteiger partial charge in [-0.25, -0.2) is 0 Å². The Bertz CT molecular complexity index is 1370. The topological polar surface area (TPSA) is 0 Å². The van der Waals surface area contributed by atoms with Gasteiger partial charge in [-0.05, 0) is 61.1 Å². The van der Waals surface area contributed by atoms with Crippen molar-refractivity contribution in [3.63, 3.8) is 0 Å². The van der Waals surface area contributed by atoms with E-state index in [1.165, 1.54) is 49.0 Å². The van der Waals surface area contributed by atoms with E-state index in [9.17, 15) is 0 Å². The second-order valence-electron chi connectivity index (χ2n) is 7.40. The summed E-state index contributed by atoms with van der Waals surface area (Å²) in [4.78, 5) is 0. The number of hydrogen-bond donors (Lipinski definition) is 0. The molecule has 1 aliphatic rings. The predicted octanol–water partition coefficient (Wildman–Crippen LogP) is 7.30. The summed E-state index contributed by atoms with van der Waals surface area (Å²) in [5.74, 6) is 0.286. The highest BCUT2D eigenvalue weighted by atomic mass is 14.2. The van der Waals surface area contributed by atoms with E-state index in [2.05, 4.69) is 103 Å². The summed E-state index contributed by atoms with van der Waals surface area (Å²) < 4.78 is 0. The minimum absolute atomic E-state index is 0.286. The van der Waals surface area contributed by atoms with Gasteiger partial charge in [-0.15, -0.1) is 0 Å². The fraction of sp³-hybridized carbons (Fsp3) is 0.0370. The number of allylic oxidation sites excluding steroid dienone is 1. The summed E-state index contributed by atoms with van der Waals surface area (Å²) in [7, 11) is 0. The molecule has 0 saturated carbocycles. The van der Waals surface area contributed by atoms with Crippen molar-refractivity contribution in [2.24, 2.45) is 0 Å². The minimum atomic E-state index is 0.286. The zero-order valence-corrected chi connectivity index (χ0v) is 14.9. The molecule has 0 spiro atoms. The van der Waals surface area contributed by atoms with Crippen LogP contribution in [0.25, 0.3) is 38.4 Å². The van der Waals surface area contributed by atoms with Gasteiger partial charge in [0.15, 0.2) is 0 Å². The van der Waals surface area contributed by atoms with Crippen molar-refractivity contribution in [1.82, 2.24) is 0 Å². The molecule has 0 heterocycles. The maximum absolute atomic E-state index is 2.36. The Balaban J connectivity index is 1.66. The summed E-state index contributed by atoms with van der Waals surface area (Å²) in [5.41, 5.74) is 4.12. The maximum Gasteiger partial charge on any atom is 0.0285 e. The lowest BCUT2D eigenvalue weighted by Gasteiger charge is -2.23. The molecular formula is C27H18. The van der Waals surface area contributed by atoms with Crippen molar-refractivity contribution in [2.45, 2.75) is 5.92 Å². The molecule has 0 fully saturated rings. The van der Waals surface area contributed by atoms with Crippen LogP contribution in [0.15, 0.2) is 97.1 Å². The fourth-order valence-electron chi connectivity index (χ4n) is 4.63. The molecule has 1 atom stereocenters. The van der Waals surface area contributed by atoms with Gasteiger partial charge < -0.3 is 0 Å². The molecule has 5 aromatic rings. The molecule has 0 radical (unpaired) electrons. The molecule has 0 heteroatoms. The summed E-state index contributed by atoms with van der Waals surface area (Å²) >= 11 is 0. The minimum Gasteiger partial charge on any atom is -0.0720 e. The lowest BCUT2D eigenvalue weighted by atomic mass is 9.80. The van der Waals surface area contributed by atoms with Crippen LogP contribution in [0.5, 0.6) is 0 Å². The van der Waals surface area contributed by atoms with Crippen LogP contribution >= 0.6 is 0 Å². The summed E-state index contributed by atoms with van der Waals surface area (Å²) in [6.45, 7) is 0. The molecule has 0 amide bonds. The second kappa shape index (κ2) is 5.56. The van der Waals surface area contributed by atoms with E-state index in [0.717, 1.165) is 0 Å². The van der Waals surface area contributed by atoms with E-state index in [-0.39, 0.29) is 5.92 Å². The average molecular weight is 342 g/mol. The molecular weight excluding hydrogens is 324 g/mol. The Morgan fingerprint density at radius 3 is 2.04 bits per heavy atom. The Morgan fingerprint density at radius 1 is 0.519 bits per heavy atom. The van der Waals surface area contributed by atoms with Crippen molar-refractivity contribution >= 4 is 38.4 Å². The molecule has 0 saturated heterocycles. The molecule has 0 bridgehead atoms. The van der Waals surface area contributed by atoms with E-state index in [4.69, 9.17) is 0 Å². The van der Waals surface area contributed by atoms with Gasteiger partial charge in [0.05, 0.1) is 0 Å². The lowest BCUT2D eigenvalue weighted by Crippen LogP contribution is -2.04. The van der Waals surface area contributed by atoms with Crippen LogP contribution in [0.2, 0.25) is 0 Å². The van der Waals surface area contributed by atoms with Gasteiger partial charge >= 0.3 is 0 Å². The van der Waals surface area contributed by atoms with Crippen LogP contribution in [0, 0.1) is 0 Å². The number of benzene rings is 5. The van der Waals surface area contributed by atoms with Crippen molar-refractivity contribution in [1.29, 1.82) is 0 Å². The van der Waals surface area contributed by atoms with Crippen LogP contribution < -0.4 is 0 Å². The summed E-state index contributed by atoms with van der Waals surface area (Å²) in [5, 5.41) is 7.98. The van der Waals surface area contributed by atoms with Gasteiger partial charge in [0.2, 0.25) is 0 Å². The molecule has 1 aliphatic carbocycles. The molecule has 27 heavy (non-hydrogen) atoms. The quantitative estimate of drug-likeness (QED) is 0.280. The third-order valence-electron chi connectivity index (χ3n) is 5.89. The largest absolute Gasteiger partial charge is 0.0720 e. The average Bonchev–Trinajstić information content (AvgIpc) is 2.73. The van der Waals surface area contributed by atoms with Gasteiger partial charge in [-0.1, -0.05) is 91.0 Å². The molecule has 5 aromatic carbocycles.